The zero-order valence-corrected chi connectivity index (χ0v) is 34.2. The Labute approximate surface area is 348 Å². The smallest absolute Gasteiger partial charge is 0.270 e. The Morgan fingerprint density at radius 2 is 1.55 bits per heavy atom. The molecule has 5 fully saturated rings. The molecule has 312 valence electrons. The Hall–Kier alpha value is -5.90. The number of hydrogen-bond acceptors (Lipinski definition) is 12. The zero-order chi connectivity index (χ0) is 41.2. The van der Waals surface area contributed by atoms with Gasteiger partial charge in [-0.3, -0.25) is 39.1 Å². The summed E-state index contributed by atoms with van der Waals surface area (Å²) in [4.78, 5) is 88.4. The van der Waals surface area contributed by atoms with Crippen LogP contribution in [0.2, 0.25) is 0 Å². The van der Waals surface area contributed by atoms with Crippen LogP contribution in [0.1, 0.15) is 101 Å². The van der Waals surface area contributed by atoms with Crippen molar-refractivity contribution in [3.63, 3.8) is 0 Å². The number of fused-ring (bicyclic) bond motifs is 4. The summed E-state index contributed by atoms with van der Waals surface area (Å²) in [7, 11) is 3.56. The number of nitrogens with zero attached hydrogens (tertiary/aromatic N) is 9. The van der Waals surface area contributed by atoms with Crippen molar-refractivity contribution in [1.82, 2.24) is 39.5 Å². The van der Waals surface area contributed by atoms with E-state index >= 15 is 0 Å². The molecule has 10 rings (SSSR count). The molecule has 1 saturated carbocycles. The maximum Gasteiger partial charge on any atom is 0.270 e. The van der Waals surface area contributed by atoms with E-state index < -0.39 is 23.8 Å². The van der Waals surface area contributed by atoms with E-state index in [2.05, 4.69) is 41.0 Å². The summed E-state index contributed by atoms with van der Waals surface area (Å²) in [6.07, 6.45) is 12.7. The third-order valence-electron chi connectivity index (χ3n) is 13.7. The van der Waals surface area contributed by atoms with Crippen LogP contribution in [0, 0.1) is 5.92 Å². The monoisotopic (exact) mass is 813 g/mol. The van der Waals surface area contributed by atoms with Crippen molar-refractivity contribution in [2.45, 2.75) is 88.4 Å². The lowest BCUT2D eigenvalue weighted by molar-refractivity contribution is -0.136. The number of likely N-dealkylation sites (tertiary alicyclic amines) is 1. The fourth-order valence-corrected chi connectivity index (χ4v) is 10.7. The van der Waals surface area contributed by atoms with Crippen LogP contribution < -0.4 is 20.4 Å². The number of pyridine rings is 1. The zero-order valence-electron chi connectivity index (χ0n) is 34.2. The van der Waals surface area contributed by atoms with E-state index in [1.807, 2.05) is 30.5 Å². The van der Waals surface area contributed by atoms with Crippen LogP contribution in [0.5, 0.6) is 0 Å². The highest BCUT2D eigenvalue weighted by Crippen LogP contribution is 2.39. The molecule has 16 nitrogen and oxygen atoms in total. The lowest BCUT2D eigenvalue weighted by Crippen LogP contribution is -2.55. The second-order valence-electron chi connectivity index (χ2n) is 17.7. The van der Waals surface area contributed by atoms with Crippen LogP contribution in [-0.2, 0) is 9.59 Å². The fourth-order valence-electron chi connectivity index (χ4n) is 10.7. The first-order chi connectivity index (χ1) is 29.1. The molecule has 60 heavy (non-hydrogen) atoms. The number of carbonyl (C=O) groups excluding carboxylic acids is 5. The molecular weight excluding hydrogens is 763 g/mol. The first kappa shape index (κ1) is 38.3. The molecule has 3 unspecified atom stereocenters. The minimum atomic E-state index is -0.967. The van der Waals surface area contributed by atoms with E-state index in [1.54, 1.807) is 31.3 Å². The molecule has 8 heterocycles. The molecule has 6 aliphatic rings. The van der Waals surface area contributed by atoms with E-state index in [9.17, 15) is 24.0 Å². The van der Waals surface area contributed by atoms with Crippen LogP contribution in [0.15, 0.2) is 48.8 Å². The van der Waals surface area contributed by atoms with Gasteiger partial charge in [-0.1, -0.05) is 12.8 Å². The topological polar surface area (TPSA) is 169 Å². The van der Waals surface area contributed by atoms with Crippen LogP contribution in [0.4, 0.5) is 23.1 Å². The van der Waals surface area contributed by atoms with E-state index in [-0.39, 0.29) is 30.7 Å². The van der Waals surface area contributed by atoms with Gasteiger partial charge in [-0.15, -0.1) is 0 Å². The standard InChI is InChI=1S/C44H51N11O5/c1-50(2)43(60)36-19-27-21-46-44(49-39(27)54(36)28-5-3-4-6-28)47-37-13-10-30(22-45-37)52-17-15-26(16-18-52)23-51-24-31-7-8-32(25-51)53(31)29-9-11-33-34(20-29)42(59)55(41(33)58)35-12-14-38(56)48-40(35)57/h9-11,13,19-22,26,28,31-32,35H,3-8,12,14-18,23-25H2,1-2H3,(H,48,56,57)(H,45,46,47,49). The molecule has 0 spiro atoms. The van der Waals surface area contributed by atoms with E-state index in [4.69, 9.17) is 9.97 Å². The highest BCUT2D eigenvalue weighted by atomic mass is 16.2. The molecule has 5 aliphatic heterocycles. The highest BCUT2D eigenvalue weighted by Gasteiger charge is 2.46. The summed E-state index contributed by atoms with van der Waals surface area (Å²) in [5.74, 6) is -0.217. The second kappa shape index (κ2) is 15.3. The van der Waals surface area contributed by atoms with Crippen molar-refractivity contribution in [2.75, 3.05) is 61.9 Å². The predicted molar refractivity (Wildman–Crippen MR) is 224 cm³/mol. The SMILES string of the molecule is CN(C)C(=O)c1cc2cnc(Nc3ccc(N4CCC(CN5CC6CCC(C5)N6c5ccc6c(c5)C(=O)N(C5CCC(=O)NC5=O)C6=O)CC4)cn3)nc2n1C1CCCC1. The molecule has 1 aromatic carbocycles. The van der Waals surface area contributed by atoms with Gasteiger partial charge in [0.25, 0.3) is 17.7 Å². The van der Waals surface area contributed by atoms with Crippen molar-refractivity contribution < 1.29 is 24.0 Å². The molecule has 4 aromatic rings. The maximum absolute atomic E-state index is 13.5. The molecule has 2 bridgehead atoms. The molecule has 3 aromatic heterocycles. The van der Waals surface area contributed by atoms with Gasteiger partial charge in [0, 0.05) is 88.6 Å². The molecular formula is C44H51N11O5. The number of imide groups is 2. The Kier molecular flexibility index (Phi) is 9.76. The molecule has 2 N–H and O–H groups in total. The number of piperidine rings is 2. The Morgan fingerprint density at radius 3 is 2.25 bits per heavy atom. The number of amides is 5. The summed E-state index contributed by atoms with van der Waals surface area (Å²) < 4.78 is 2.12. The Morgan fingerprint density at radius 1 is 0.817 bits per heavy atom. The van der Waals surface area contributed by atoms with Crippen LogP contribution >= 0.6 is 0 Å². The lowest BCUT2D eigenvalue weighted by Gasteiger charge is -2.44. The maximum atomic E-state index is 13.5. The lowest BCUT2D eigenvalue weighted by atomic mass is 9.95. The van der Waals surface area contributed by atoms with Crippen molar-refractivity contribution in [1.29, 1.82) is 0 Å². The van der Waals surface area contributed by atoms with Crippen molar-refractivity contribution >= 4 is 63.7 Å². The van der Waals surface area contributed by atoms with E-state index in [0.29, 0.717) is 46.6 Å². The molecule has 16 heteroatoms. The van der Waals surface area contributed by atoms with Gasteiger partial charge >= 0.3 is 0 Å². The number of carbonyl (C=O) groups is 5. The summed E-state index contributed by atoms with van der Waals surface area (Å²) >= 11 is 0. The number of piperazine rings is 1. The normalized spacial score (nSPS) is 23.8. The van der Waals surface area contributed by atoms with E-state index in [1.165, 1.54) is 0 Å². The fraction of sp³-hybridized carbons (Fsp3) is 0.500. The van der Waals surface area contributed by atoms with Gasteiger partial charge in [0.2, 0.25) is 17.8 Å². The summed E-state index contributed by atoms with van der Waals surface area (Å²) in [6, 6.07) is 11.4. The minimum Gasteiger partial charge on any atom is -0.370 e. The van der Waals surface area contributed by atoms with Crippen molar-refractivity contribution in [3.8, 4) is 0 Å². The van der Waals surface area contributed by atoms with Crippen LogP contribution in [-0.4, -0.2) is 129 Å². The number of hydrogen-bond donors (Lipinski definition) is 2. The average Bonchev–Trinajstić information content (AvgIpc) is 4.02. The van der Waals surface area contributed by atoms with Gasteiger partial charge in [0.05, 0.1) is 23.0 Å². The van der Waals surface area contributed by atoms with Gasteiger partial charge in [-0.05, 0) is 87.3 Å². The molecule has 3 atom stereocenters. The highest BCUT2D eigenvalue weighted by molar-refractivity contribution is 6.23. The third kappa shape index (κ3) is 6.83. The molecule has 0 radical (unpaired) electrons. The van der Waals surface area contributed by atoms with E-state index in [0.717, 1.165) is 111 Å². The number of benzene rings is 1. The molecule has 1 aliphatic carbocycles. The Bertz CT molecular complexity index is 2370. The van der Waals surface area contributed by atoms with Gasteiger partial charge in [0.15, 0.2) is 0 Å². The number of rotatable bonds is 9. The molecule has 5 amide bonds. The van der Waals surface area contributed by atoms with Crippen molar-refractivity contribution in [2.24, 2.45) is 5.92 Å². The largest absolute Gasteiger partial charge is 0.370 e. The average molecular weight is 814 g/mol. The first-order valence-corrected chi connectivity index (χ1v) is 21.5. The summed E-state index contributed by atoms with van der Waals surface area (Å²) in [6.45, 7) is 4.91. The third-order valence-corrected chi connectivity index (χ3v) is 13.7. The number of anilines is 4. The Balaban J connectivity index is 0.737. The first-order valence-electron chi connectivity index (χ1n) is 21.5. The van der Waals surface area contributed by atoms with Gasteiger partial charge in [-0.2, -0.15) is 4.98 Å². The van der Waals surface area contributed by atoms with Gasteiger partial charge in [0.1, 0.15) is 23.2 Å². The van der Waals surface area contributed by atoms with Crippen LogP contribution in [0.3, 0.4) is 0 Å². The van der Waals surface area contributed by atoms with Gasteiger partial charge < -0.3 is 24.6 Å². The number of nitrogens with one attached hydrogen (secondary N) is 2. The quantitative estimate of drug-likeness (QED) is 0.230. The second-order valence-corrected chi connectivity index (χ2v) is 17.7. The van der Waals surface area contributed by atoms with Gasteiger partial charge in [-0.25, -0.2) is 9.97 Å². The van der Waals surface area contributed by atoms with Crippen molar-refractivity contribution in [3.05, 3.63) is 65.6 Å². The predicted octanol–water partition coefficient (Wildman–Crippen LogP) is 4.36. The summed E-state index contributed by atoms with van der Waals surface area (Å²) in [5.41, 5.74) is 4.13. The summed E-state index contributed by atoms with van der Waals surface area (Å²) in [5, 5.41) is 6.42. The number of aromatic nitrogens is 4. The molecule has 4 saturated heterocycles. The minimum absolute atomic E-state index is 0.0293. The van der Waals surface area contributed by atoms with Crippen LogP contribution in [0.25, 0.3) is 11.0 Å².